The van der Waals surface area contributed by atoms with Crippen LogP contribution in [0.25, 0.3) is 0 Å². The molecule has 2 rings (SSSR count). The summed E-state index contributed by atoms with van der Waals surface area (Å²) in [7, 11) is 0. The quantitative estimate of drug-likeness (QED) is 0.669. The Morgan fingerprint density at radius 2 is 2.19 bits per heavy atom. The number of ether oxygens (including phenoxy) is 1. The van der Waals surface area contributed by atoms with E-state index in [0.717, 1.165) is 24.2 Å². The summed E-state index contributed by atoms with van der Waals surface area (Å²) >= 11 is 0. The van der Waals surface area contributed by atoms with Gasteiger partial charge in [0.1, 0.15) is 0 Å². The molecular formula is C14H24O2. The van der Waals surface area contributed by atoms with Gasteiger partial charge in [-0.3, -0.25) is 4.79 Å². The van der Waals surface area contributed by atoms with Gasteiger partial charge in [-0.1, -0.05) is 19.8 Å². The molecule has 16 heavy (non-hydrogen) atoms. The minimum atomic E-state index is -0.133. The molecule has 2 aliphatic rings. The lowest BCUT2D eigenvalue weighted by Gasteiger charge is -2.25. The summed E-state index contributed by atoms with van der Waals surface area (Å²) in [5, 5.41) is 0. The molecule has 0 radical (unpaired) electrons. The second kappa shape index (κ2) is 5.20. The summed E-state index contributed by atoms with van der Waals surface area (Å²) in [5.74, 6) is 3.41. The van der Waals surface area contributed by atoms with Crippen molar-refractivity contribution in [2.45, 2.75) is 52.4 Å². The van der Waals surface area contributed by atoms with Crippen molar-refractivity contribution in [3.63, 3.8) is 0 Å². The third kappa shape index (κ3) is 2.78. The van der Waals surface area contributed by atoms with Crippen LogP contribution in [0.2, 0.25) is 0 Å². The van der Waals surface area contributed by atoms with E-state index in [1.54, 1.807) is 0 Å². The molecule has 2 heteroatoms. The average molecular weight is 224 g/mol. The lowest BCUT2D eigenvalue weighted by atomic mass is 9.82. The van der Waals surface area contributed by atoms with E-state index >= 15 is 0 Å². The van der Waals surface area contributed by atoms with Crippen LogP contribution in [0, 0.1) is 23.7 Å². The van der Waals surface area contributed by atoms with Crippen molar-refractivity contribution in [3.05, 3.63) is 0 Å². The molecule has 0 amide bonds. The minimum Gasteiger partial charge on any atom is -0.466 e. The van der Waals surface area contributed by atoms with E-state index < -0.39 is 0 Å². The van der Waals surface area contributed by atoms with Gasteiger partial charge >= 0.3 is 5.97 Å². The van der Waals surface area contributed by atoms with Crippen LogP contribution in [0.5, 0.6) is 0 Å². The van der Waals surface area contributed by atoms with Crippen molar-refractivity contribution in [3.8, 4) is 0 Å². The van der Waals surface area contributed by atoms with E-state index in [4.69, 9.17) is 4.74 Å². The zero-order chi connectivity index (χ0) is 11.5. The first-order chi connectivity index (χ1) is 7.69. The lowest BCUT2D eigenvalue weighted by Crippen LogP contribution is -2.19. The van der Waals surface area contributed by atoms with E-state index in [1.165, 1.54) is 39.0 Å². The molecule has 0 spiro atoms. The Kier molecular flexibility index (Phi) is 3.88. The first-order valence-corrected chi connectivity index (χ1v) is 6.82. The topological polar surface area (TPSA) is 26.3 Å². The zero-order valence-corrected chi connectivity index (χ0v) is 10.6. The Bertz CT molecular complexity index is 249. The Morgan fingerprint density at radius 1 is 1.38 bits per heavy atom. The van der Waals surface area contributed by atoms with Crippen LogP contribution in [0.15, 0.2) is 0 Å². The van der Waals surface area contributed by atoms with Crippen LogP contribution in [-0.2, 0) is 9.53 Å². The molecule has 4 unspecified atom stereocenters. The molecule has 2 fully saturated rings. The zero-order valence-electron chi connectivity index (χ0n) is 10.6. The van der Waals surface area contributed by atoms with Gasteiger partial charge in [-0.05, 0) is 49.4 Å². The van der Waals surface area contributed by atoms with Crippen LogP contribution in [0.4, 0.5) is 0 Å². The lowest BCUT2D eigenvalue weighted by molar-refractivity contribution is -0.142. The largest absolute Gasteiger partial charge is 0.466 e. The monoisotopic (exact) mass is 224 g/mol. The molecule has 0 aliphatic heterocycles. The minimum absolute atomic E-state index is 0.133. The van der Waals surface area contributed by atoms with Crippen molar-refractivity contribution in [1.82, 2.24) is 0 Å². The van der Waals surface area contributed by atoms with Gasteiger partial charge in [0.05, 0.1) is 6.61 Å². The predicted molar refractivity (Wildman–Crippen MR) is 64.0 cm³/mol. The molecule has 0 aromatic carbocycles. The molecule has 0 aromatic heterocycles. The Morgan fingerprint density at radius 3 is 2.69 bits per heavy atom. The fourth-order valence-electron chi connectivity index (χ4n) is 3.68. The van der Waals surface area contributed by atoms with E-state index in [0.29, 0.717) is 12.5 Å². The van der Waals surface area contributed by atoms with Crippen LogP contribution in [-0.4, -0.2) is 12.6 Å². The van der Waals surface area contributed by atoms with Crippen LogP contribution in [0.3, 0.4) is 0 Å². The molecule has 0 aromatic rings. The maximum atomic E-state index is 10.8. The molecule has 2 aliphatic carbocycles. The molecule has 2 saturated carbocycles. The van der Waals surface area contributed by atoms with E-state index in [1.807, 2.05) is 0 Å². The van der Waals surface area contributed by atoms with Gasteiger partial charge in [-0.2, -0.15) is 0 Å². The summed E-state index contributed by atoms with van der Waals surface area (Å²) in [4.78, 5) is 10.8. The van der Waals surface area contributed by atoms with Crippen molar-refractivity contribution < 1.29 is 9.53 Å². The number of carbonyl (C=O) groups is 1. The van der Waals surface area contributed by atoms with Crippen molar-refractivity contribution in [2.75, 3.05) is 6.61 Å². The van der Waals surface area contributed by atoms with Crippen molar-refractivity contribution in [2.24, 2.45) is 23.7 Å². The molecule has 0 saturated heterocycles. The standard InChI is InChI=1S/C14H24O2/c1-3-11(9-16-10(2)15)6-14-8-12-4-5-13(14)7-12/h11-14H,3-9H2,1-2H3. The summed E-state index contributed by atoms with van der Waals surface area (Å²) in [6.45, 7) is 4.35. The second-order valence-electron chi connectivity index (χ2n) is 5.75. The highest BCUT2D eigenvalue weighted by atomic mass is 16.5. The van der Waals surface area contributed by atoms with Crippen LogP contribution < -0.4 is 0 Å². The highest BCUT2D eigenvalue weighted by Gasteiger charge is 2.39. The number of carbonyl (C=O) groups excluding carboxylic acids is 1. The summed E-state index contributed by atoms with van der Waals surface area (Å²) < 4.78 is 5.15. The average Bonchev–Trinajstić information content (AvgIpc) is 2.85. The number of hydrogen-bond donors (Lipinski definition) is 0. The Labute approximate surface area is 98.7 Å². The smallest absolute Gasteiger partial charge is 0.302 e. The molecule has 0 N–H and O–H groups in total. The van der Waals surface area contributed by atoms with E-state index in [9.17, 15) is 4.79 Å². The normalized spacial score (nSPS) is 34.0. The van der Waals surface area contributed by atoms with E-state index in [-0.39, 0.29) is 5.97 Å². The Balaban J connectivity index is 1.76. The predicted octanol–water partition coefficient (Wildman–Crippen LogP) is 3.40. The van der Waals surface area contributed by atoms with Crippen LogP contribution in [0.1, 0.15) is 52.4 Å². The van der Waals surface area contributed by atoms with Crippen molar-refractivity contribution in [1.29, 1.82) is 0 Å². The molecule has 2 nitrogen and oxygen atoms in total. The highest BCUT2D eigenvalue weighted by Crippen LogP contribution is 2.50. The first-order valence-electron chi connectivity index (χ1n) is 6.82. The Hall–Kier alpha value is -0.530. The first kappa shape index (κ1) is 11.9. The number of hydrogen-bond acceptors (Lipinski definition) is 2. The van der Waals surface area contributed by atoms with Crippen molar-refractivity contribution >= 4 is 5.97 Å². The van der Waals surface area contributed by atoms with Gasteiger partial charge in [-0.25, -0.2) is 0 Å². The fraction of sp³-hybridized carbons (Fsp3) is 0.929. The van der Waals surface area contributed by atoms with Gasteiger partial charge in [0.25, 0.3) is 0 Å². The molecule has 2 bridgehead atoms. The van der Waals surface area contributed by atoms with Gasteiger partial charge in [0, 0.05) is 6.92 Å². The maximum absolute atomic E-state index is 10.8. The van der Waals surface area contributed by atoms with Gasteiger partial charge < -0.3 is 4.74 Å². The molecular weight excluding hydrogens is 200 g/mol. The number of esters is 1. The number of rotatable bonds is 5. The summed E-state index contributed by atoms with van der Waals surface area (Å²) in [5.41, 5.74) is 0. The third-order valence-corrected chi connectivity index (χ3v) is 4.62. The highest BCUT2D eigenvalue weighted by molar-refractivity contribution is 5.65. The molecule has 0 heterocycles. The van der Waals surface area contributed by atoms with Gasteiger partial charge in [-0.15, -0.1) is 0 Å². The van der Waals surface area contributed by atoms with Gasteiger partial charge in [0.2, 0.25) is 0 Å². The summed E-state index contributed by atoms with van der Waals surface area (Å²) in [6.07, 6.45) is 8.28. The SMILES string of the molecule is CCC(COC(C)=O)CC1CC2CCC1C2. The second-order valence-corrected chi connectivity index (χ2v) is 5.75. The summed E-state index contributed by atoms with van der Waals surface area (Å²) in [6, 6.07) is 0. The fourth-order valence-corrected chi connectivity index (χ4v) is 3.68. The maximum Gasteiger partial charge on any atom is 0.302 e. The third-order valence-electron chi connectivity index (χ3n) is 4.62. The van der Waals surface area contributed by atoms with E-state index in [2.05, 4.69) is 6.92 Å². The van der Waals surface area contributed by atoms with Crippen LogP contribution >= 0.6 is 0 Å². The molecule has 4 atom stereocenters. The molecule has 92 valence electrons. The van der Waals surface area contributed by atoms with Gasteiger partial charge in [0.15, 0.2) is 0 Å². The number of fused-ring (bicyclic) bond motifs is 2.